The maximum atomic E-state index is 11.6. The molecule has 4 N–H and O–H groups in total. The number of benzene rings is 1. The Balaban J connectivity index is 1.66. The summed E-state index contributed by atoms with van der Waals surface area (Å²) < 4.78 is 5.39. The molecule has 0 saturated carbocycles. The molecule has 1 aliphatic heterocycles. The summed E-state index contributed by atoms with van der Waals surface area (Å²) in [6.45, 7) is 4.26. The maximum absolute atomic E-state index is 11.6. The number of aromatic amines is 1. The molecule has 4 rings (SSSR count). The van der Waals surface area contributed by atoms with E-state index in [0.717, 1.165) is 32.4 Å². The van der Waals surface area contributed by atoms with Crippen molar-refractivity contribution in [3.05, 3.63) is 46.0 Å². The van der Waals surface area contributed by atoms with Crippen LogP contribution >= 0.6 is 23.2 Å². The van der Waals surface area contributed by atoms with Gasteiger partial charge in [0.15, 0.2) is 17.6 Å². The molecule has 2 unspecified atom stereocenters. The van der Waals surface area contributed by atoms with Crippen LogP contribution in [-0.2, 0) is 4.74 Å². The van der Waals surface area contributed by atoms with Gasteiger partial charge in [-0.05, 0) is 56.7 Å². The number of piperidine rings is 1. The molecule has 8 nitrogen and oxygen atoms in total. The second-order valence-corrected chi connectivity index (χ2v) is 9.42. The van der Waals surface area contributed by atoms with Gasteiger partial charge < -0.3 is 20.8 Å². The van der Waals surface area contributed by atoms with Crippen LogP contribution in [0.1, 0.15) is 50.2 Å². The lowest BCUT2D eigenvalue weighted by Gasteiger charge is -2.29. The highest BCUT2D eigenvalue weighted by Crippen LogP contribution is 2.38. The number of carbonyl (C=O) groups is 1. The Morgan fingerprint density at radius 2 is 2.03 bits per heavy atom. The van der Waals surface area contributed by atoms with E-state index in [4.69, 9.17) is 33.7 Å². The summed E-state index contributed by atoms with van der Waals surface area (Å²) in [5.41, 5.74) is 7.27. The molecule has 3 aromatic rings. The standard InChI is InChI=1S/C24H26Cl2N6O2/c1-13(14-7-9-29-10-8-14)5-6-19(34-24(28)33)22-31-18(11-27)20-16(12-30-23(20)32-22)15-3-2-4-17(25)21(15)26/h2-4,12-14,19,29H,5-10H2,1H3,(H2,28,33)(H,30,31,32). The number of fused-ring (bicyclic) bond motifs is 1. The molecule has 2 aromatic heterocycles. The van der Waals surface area contributed by atoms with Gasteiger partial charge in [0.1, 0.15) is 11.7 Å². The first-order valence-corrected chi connectivity index (χ1v) is 12.0. The Morgan fingerprint density at radius 1 is 1.26 bits per heavy atom. The van der Waals surface area contributed by atoms with Crippen LogP contribution in [0.4, 0.5) is 4.79 Å². The number of aromatic nitrogens is 3. The number of H-pyrrole nitrogens is 1. The number of rotatable bonds is 7. The van der Waals surface area contributed by atoms with Gasteiger partial charge in [-0.25, -0.2) is 14.8 Å². The number of hydrogen-bond donors (Lipinski definition) is 3. The zero-order chi connectivity index (χ0) is 24.2. The second kappa shape index (κ2) is 10.6. The summed E-state index contributed by atoms with van der Waals surface area (Å²) in [6.07, 6.45) is 3.64. The highest BCUT2D eigenvalue weighted by Gasteiger charge is 2.26. The number of carbonyl (C=O) groups excluding carboxylic acids is 1. The predicted octanol–water partition coefficient (Wildman–Crippen LogP) is 5.36. The Kier molecular flexibility index (Phi) is 7.57. The van der Waals surface area contributed by atoms with Crippen LogP contribution in [-0.4, -0.2) is 34.1 Å². The van der Waals surface area contributed by atoms with Crippen LogP contribution in [0, 0.1) is 23.2 Å². The molecule has 0 radical (unpaired) electrons. The van der Waals surface area contributed by atoms with E-state index >= 15 is 0 Å². The molecular formula is C24H26Cl2N6O2. The lowest BCUT2D eigenvalue weighted by atomic mass is 9.83. The number of nitrogens with two attached hydrogens (primary N) is 1. The Morgan fingerprint density at radius 3 is 2.74 bits per heavy atom. The molecule has 1 aliphatic rings. The Labute approximate surface area is 207 Å². The second-order valence-electron chi connectivity index (χ2n) is 8.64. The summed E-state index contributed by atoms with van der Waals surface area (Å²) in [5.74, 6) is 1.30. The van der Waals surface area contributed by atoms with Crippen molar-refractivity contribution in [2.75, 3.05) is 13.1 Å². The van der Waals surface area contributed by atoms with Crippen LogP contribution in [0.25, 0.3) is 22.2 Å². The SMILES string of the molecule is CC(CCC(OC(N)=O)c1nc(C#N)c2c(-c3cccc(Cl)c3Cl)c[nH]c2n1)C1CCNCC1. The highest BCUT2D eigenvalue weighted by atomic mass is 35.5. The van der Waals surface area contributed by atoms with Crippen molar-refractivity contribution in [2.24, 2.45) is 17.6 Å². The van der Waals surface area contributed by atoms with E-state index in [0.29, 0.717) is 50.5 Å². The van der Waals surface area contributed by atoms with Gasteiger partial charge in [0.25, 0.3) is 0 Å². The lowest BCUT2D eigenvalue weighted by molar-refractivity contribution is 0.0884. The van der Waals surface area contributed by atoms with Gasteiger partial charge in [-0.2, -0.15) is 5.26 Å². The number of nitrogens with zero attached hydrogens (tertiary/aromatic N) is 3. The molecule has 0 aliphatic carbocycles. The quantitative estimate of drug-likeness (QED) is 0.400. The Bertz CT molecular complexity index is 1230. The number of ether oxygens (including phenoxy) is 1. The molecule has 34 heavy (non-hydrogen) atoms. The third kappa shape index (κ3) is 5.12. The van der Waals surface area contributed by atoms with E-state index < -0.39 is 12.2 Å². The van der Waals surface area contributed by atoms with Crippen molar-refractivity contribution >= 4 is 40.3 Å². The fourth-order valence-electron chi connectivity index (χ4n) is 4.64. The molecular weight excluding hydrogens is 475 g/mol. The van der Waals surface area contributed by atoms with Crippen molar-refractivity contribution in [1.82, 2.24) is 20.3 Å². The van der Waals surface area contributed by atoms with E-state index in [2.05, 4.69) is 33.3 Å². The minimum Gasteiger partial charge on any atom is -0.438 e. The fraction of sp³-hybridized carbons (Fsp3) is 0.417. The summed E-state index contributed by atoms with van der Waals surface area (Å²) >= 11 is 12.6. The molecule has 178 valence electrons. The fourth-order valence-corrected chi connectivity index (χ4v) is 5.05. The molecule has 0 bridgehead atoms. The molecule has 2 atom stereocenters. The first-order chi connectivity index (χ1) is 16.4. The first kappa shape index (κ1) is 24.3. The van der Waals surface area contributed by atoms with Crippen LogP contribution in [0.3, 0.4) is 0 Å². The zero-order valence-corrected chi connectivity index (χ0v) is 20.3. The average molecular weight is 501 g/mol. The smallest absolute Gasteiger partial charge is 0.405 e. The minimum absolute atomic E-state index is 0.150. The molecule has 0 spiro atoms. The number of nitriles is 1. The van der Waals surface area contributed by atoms with E-state index in [1.807, 2.05) is 6.07 Å². The maximum Gasteiger partial charge on any atom is 0.405 e. The van der Waals surface area contributed by atoms with Crippen molar-refractivity contribution < 1.29 is 9.53 Å². The topological polar surface area (TPSA) is 130 Å². The van der Waals surface area contributed by atoms with Crippen molar-refractivity contribution in [2.45, 2.75) is 38.7 Å². The number of hydrogen-bond acceptors (Lipinski definition) is 6. The van der Waals surface area contributed by atoms with Gasteiger partial charge in [0.05, 0.1) is 15.4 Å². The summed E-state index contributed by atoms with van der Waals surface area (Å²) in [4.78, 5) is 23.8. The van der Waals surface area contributed by atoms with Crippen LogP contribution < -0.4 is 11.1 Å². The Hall–Kier alpha value is -2.86. The van der Waals surface area contributed by atoms with Gasteiger partial charge in [-0.3, -0.25) is 0 Å². The summed E-state index contributed by atoms with van der Waals surface area (Å²) in [5, 5.41) is 14.6. The molecule has 1 saturated heterocycles. The van der Waals surface area contributed by atoms with Crippen molar-refractivity contribution in [3.63, 3.8) is 0 Å². The molecule has 10 heteroatoms. The van der Waals surface area contributed by atoms with Crippen LogP contribution in [0.2, 0.25) is 10.0 Å². The number of amides is 1. The third-order valence-electron chi connectivity index (χ3n) is 6.52. The van der Waals surface area contributed by atoms with Gasteiger partial charge in [0.2, 0.25) is 0 Å². The van der Waals surface area contributed by atoms with Gasteiger partial charge in [-0.15, -0.1) is 0 Å². The molecule has 1 aromatic carbocycles. The first-order valence-electron chi connectivity index (χ1n) is 11.3. The average Bonchev–Trinajstić information content (AvgIpc) is 3.27. The predicted molar refractivity (Wildman–Crippen MR) is 131 cm³/mol. The molecule has 1 amide bonds. The monoisotopic (exact) mass is 500 g/mol. The van der Waals surface area contributed by atoms with E-state index in [9.17, 15) is 10.1 Å². The zero-order valence-electron chi connectivity index (χ0n) is 18.8. The number of halogens is 2. The van der Waals surface area contributed by atoms with E-state index in [1.54, 1.807) is 18.3 Å². The minimum atomic E-state index is -0.903. The number of primary amides is 1. The summed E-state index contributed by atoms with van der Waals surface area (Å²) in [7, 11) is 0. The highest BCUT2D eigenvalue weighted by molar-refractivity contribution is 6.44. The van der Waals surface area contributed by atoms with Crippen LogP contribution in [0.15, 0.2) is 24.4 Å². The van der Waals surface area contributed by atoms with E-state index in [1.165, 1.54) is 0 Å². The van der Waals surface area contributed by atoms with Gasteiger partial charge >= 0.3 is 6.09 Å². The molecule has 3 heterocycles. The van der Waals surface area contributed by atoms with Gasteiger partial charge in [0, 0.05) is 17.3 Å². The van der Waals surface area contributed by atoms with Crippen LogP contribution in [0.5, 0.6) is 0 Å². The van der Waals surface area contributed by atoms with Crippen molar-refractivity contribution in [1.29, 1.82) is 5.26 Å². The van der Waals surface area contributed by atoms with Gasteiger partial charge in [-0.1, -0.05) is 42.3 Å². The largest absolute Gasteiger partial charge is 0.438 e. The van der Waals surface area contributed by atoms with Crippen molar-refractivity contribution in [3.8, 4) is 17.2 Å². The normalized spacial score (nSPS) is 16.2. The third-order valence-corrected chi connectivity index (χ3v) is 7.33. The van der Waals surface area contributed by atoms with E-state index in [-0.39, 0.29) is 11.5 Å². The lowest BCUT2D eigenvalue weighted by Crippen LogP contribution is -2.31. The number of nitrogens with one attached hydrogen (secondary N) is 2. The summed E-state index contributed by atoms with van der Waals surface area (Å²) in [6, 6.07) is 7.43. The molecule has 1 fully saturated rings.